The number of guanidine groups is 1. The minimum atomic E-state index is -0.562. The van der Waals surface area contributed by atoms with Crippen LogP contribution >= 0.6 is 0 Å². The fourth-order valence-corrected chi connectivity index (χ4v) is 4.81. The number of hydrogen-bond acceptors (Lipinski definition) is 7. The van der Waals surface area contributed by atoms with Gasteiger partial charge in [0.05, 0.1) is 26.5 Å². The minimum Gasteiger partial charge on any atom is -0.497 e. The molecule has 3 amide bonds. The summed E-state index contributed by atoms with van der Waals surface area (Å²) in [5.41, 5.74) is 2.83. The summed E-state index contributed by atoms with van der Waals surface area (Å²) in [6, 6.07) is 12.6. The molecule has 2 fully saturated rings. The first-order valence-corrected chi connectivity index (χ1v) is 10.9. The van der Waals surface area contributed by atoms with Gasteiger partial charge >= 0.3 is 6.03 Å². The number of amides is 3. The summed E-state index contributed by atoms with van der Waals surface area (Å²) < 4.78 is 11.0. The lowest BCUT2D eigenvalue weighted by atomic mass is 10.1. The fraction of sp³-hybridized carbons (Fsp3) is 0.375. The quantitative estimate of drug-likeness (QED) is 0.697. The highest BCUT2D eigenvalue weighted by Crippen LogP contribution is 2.38. The van der Waals surface area contributed by atoms with E-state index in [9.17, 15) is 9.59 Å². The summed E-state index contributed by atoms with van der Waals surface area (Å²) in [6.45, 7) is 3.50. The molecule has 0 N–H and O–H groups in total. The van der Waals surface area contributed by atoms with Crippen molar-refractivity contribution in [2.75, 3.05) is 39.3 Å². The molecule has 0 aromatic heterocycles. The van der Waals surface area contributed by atoms with E-state index in [0.717, 1.165) is 16.8 Å². The number of carbonyl (C=O) groups is 2. The highest BCUT2D eigenvalue weighted by Gasteiger charge is 2.54. The van der Waals surface area contributed by atoms with Crippen LogP contribution in [0.4, 0.5) is 10.5 Å². The van der Waals surface area contributed by atoms with Crippen molar-refractivity contribution >= 4 is 23.6 Å². The number of ether oxygens (including phenoxy) is 2. The van der Waals surface area contributed by atoms with Crippen LogP contribution in [0.1, 0.15) is 11.1 Å². The van der Waals surface area contributed by atoms with Gasteiger partial charge in [0.25, 0.3) is 5.91 Å². The number of rotatable bonds is 5. The molecule has 5 rings (SSSR count). The van der Waals surface area contributed by atoms with Crippen LogP contribution < -0.4 is 14.4 Å². The second-order valence-electron chi connectivity index (χ2n) is 8.48. The summed E-state index contributed by atoms with van der Waals surface area (Å²) in [7, 11) is 4.94. The van der Waals surface area contributed by atoms with Crippen molar-refractivity contribution in [2.24, 2.45) is 4.99 Å². The summed E-state index contributed by atoms with van der Waals surface area (Å²) >= 11 is 0. The van der Waals surface area contributed by atoms with Crippen molar-refractivity contribution in [1.82, 2.24) is 14.7 Å². The van der Waals surface area contributed by atoms with E-state index in [2.05, 4.69) is 0 Å². The van der Waals surface area contributed by atoms with Crippen LogP contribution in [0.5, 0.6) is 11.5 Å². The molecule has 3 heterocycles. The number of anilines is 1. The summed E-state index contributed by atoms with van der Waals surface area (Å²) in [6.07, 6.45) is -0.562. The van der Waals surface area contributed by atoms with E-state index in [1.54, 1.807) is 26.2 Å². The molecular weight excluding hydrogens is 422 g/mol. The Morgan fingerprint density at radius 3 is 2.61 bits per heavy atom. The van der Waals surface area contributed by atoms with Gasteiger partial charge in [-0.05, 0) is 24.6 Å². The Labute approximate surface area is 192 Å². The third kappa shape index (κ3) is 3.35. The summed E-state index contributed by atoms with van der Waals surface area (Å²) in [5, 5.41) is 0. The van der Waals surface area contributed by atoms with Gasteiger partial charge < -0.3 is 24.2 Å². The number of aliphatic imine (C=N–C) groups is 1. The van der Waals surface area contributed by atoms with E-state index in [-0.39, 0.29) is 18.5 Å². The molecule has 2 saturated heterocycles. The van der Waals surface area contributed by atoms with Crippen LogP contribution in [0.15, 0.2) is 47.5 Å². The van der Waals surface area contributed by atoms with Crippen LogP contribution in [-0.4, -0.2) is 79.2 Å². The topological polar surface area (TPSA) is 77.9 Å². The zero-order valence-electron chi connectivity index (χ0n) is 19.2. The number of imide groups is 1. The molecule has 0 saturated carbocycles. The van der Waals surface area contributed by atoms with E-state index in [1.807, 2.05) is 59.2 Å². The number of hydrogen-bond donors (Lipinski definition) is 0. The van der Waals surface area contributed by atoms with E-state index >= 15 is 0 Å². The molecule has 9 nitrogen and oxygen atoms in total. The molecule has 0 aliphatic carbocycles. The van der Waals surface area contributed by atoms with E-state index < -0.39 is 12.2 Å². The molecule has 2 aromatic carbocycles. The maximum atomic E-state index is 13.6. The number of aryl methyl sites for hydroxylation is 1. The minimum absolute atomic E-state index is 0.220. The highest BCUT2D eigenvalue weighted by molar-refractivity contribution is 6.08. The smallest absolute Gasteiger partial charge is 0.328 e. The number of carbonyl (C=O) groups excluding carboxylic acids is 2. The Morgan fingerprint density at radius 2 is 1.88 bits per heavy atom. The zero-order chi connectivity index (χ0) is 23.3. The van der Waals surface area contributed by atoms with Crippen molar-refractivity contribution in [3.8, 4) is 11.5 Å². The van der Waals surface area contributed by atoms with Gasteiger partial charge in [0.2, 0.25) is 5.96 Å². The van der Waals surface area contributed by atoms with Crippen molar-refractivity contribution in [3.63, 3.8) is 0 Å². The Bertz CT molecular complexity index is 1150. The normalized spacial score (nSPS) is 21.9. The summed E-state index contributed by atoms with van der Waals surface area (Å²) in [4.78, 5) is 38.4. The standard InChI is InChI=1S/C24H27N5O4/c1-15-6-5-7-16(12-15)14-29-22(30)20-21(26(2)24(29)31)25-23-27(10-11-28(20)23)18-13-17(32-3)8-9-19(18)33-4/h5-9,12-13,20-21H,10-11,14H2,1-4H3. The second-order valence-corrected chi connectivity index (χ2v) is 8.48. The van der Waals surface area contributed by atoms with E-state index in [1.165, 1.54) is 4.90 Å². The molecule has 0 spiro atoms. The predicted molar refractivity (Wildman–Crippen MR) is 123 cm³/mol. The van der Waals surface area contributed by atoms with Crippen LogP contribution in [0.25, 0.3) is 0 Å². The molecule has 2 unspecified atom stereocenters. The number of urea groups is 1. The second kappa shape index (κ2) is 7.99. The Kier molecular flexibility index (Phi) is 5.11. The van der Waals surface area contributed by atoms with Crippen LogP contribution in [0.2, 0.25) is 0 Å². The number of methoxy groups -OCH3 is 2. The molecule has 3 aliphatic rings. The van der Waals surface area contributed by atoms with Gasteiger partial charge in [-0.1, -0.05) is 29.8 Å². The van der Waals surface area contributed by atoms with Gasteiger partial charge in [-0.2, -0.15) is 0 Å². The Balaban J connectivity index is 1.46. The Morgan fingerprint density at radius 1 is 1.06 bits per heavy atom. The van der Waals surface area contributed by atoms with Gasteiger partial charge in [0.1, 0.15) is 11.5 Å². The zero-order valence-corrected chi connectivity index (χ0v) is 19.2. The molecule has 172 valence electrons. The van der Waals surface area contributed by atoms with Crippen molar-refractivity contribution in [2.45, 2.75) is 25.7 Å². The first-order chi connectivity index (χ1) is 15.9. The number of fused-ring (bicyclic) bond motifs is 3. The Hall–Kier alpha value is -3.75. The lowest BCUT2D eigenvalue weighted by Crippen LogP contribution is -2.64. The van der Waals surface area contributed by atoms with Gasteiger partial charge in [-0.15, -0.1) is 0 Å². The maximum Gasteiger partial charge on any atom is 0.328 e. The largest absolute Gasteiger partial charge is 0.497 e. The average Bonchev–Trinajstić information content (AvgIpc) is 3.39. The van der Waals surface area contributed by atoms with Gasteiger partial charge in [-0.3, -0.25) is 9.69 Å². The average molecular weight is 450 g/mol. The van der Waals surface area contributed by atoms with Crippen LogP contribution in [0.3, 0.4) is 0 Å². The molecule has 33 heavy (non-hydrogen) atoms. The fourth-order valence-electron chi connectivity index (χ4n) is 4.81. The number of benzene rings is 2. The molecule has 2 aromatic rings. The van der Waals surface area contributed by atoms with Crippen LogP contribution in [-0.2, 0) is 11.3 Å². The molecule has 2 atom stereocenters. The lowest BCUT2D eigenvalue weighted by molar-refractivity contribution is -0.137. The third-order valence-corrected chi connectivity index (χ3v) is 6.48. The van der Waals surface area contributed by atoms with Gasteiger partial charge in [0, 0.05) is 26.2 Å². The molecule has 0 radical (unpaired) electrons. The molecular formula is C24H27N5O4. The van der Waals surface area contributed by atoms with Crippen molar-refractivity contribution in [3.05, 3.63) is 53.6 Å². The number of nitrogens with zero attached hydrogens (tertiary/aromatic N) is 5. The van der Waals surface area contributed by atoms with E-state index in [0.29, 0.717) is 30.5 Å². The molecule has 0 bridgehead atoms. The molecule has 3 aliphatic heterocycles. The molecule has 9 heteroatoms. The highest BCUT2D eigenvalue weighted by atomic mass is 16.5. The maximum absolute atomic E-state index is 13.6. The third-order valence-electron chi connectivity index (χ3n) is 6.48. The first-order valence-electron chi connectivity index (χ1n) is 10.9. The van der Waals surface area contributed by atoms with Crippen LogP contribution in [0, 0.1) is 6.92 Å². The number of likely N-dealkylation sites (N-methyl/N-ethyl adjacent to an activating group) is 1. The predicted octanol–water partition coefficient (Wildman–Crippen LogP) is 2.29. The monoisotopic (exact) mass is 449 g/mol. The van der Waals surface area contributed by atoms with Gasteiger partial charge in [0.15, 0.2) is 12.2 Å². The van der Waals surface area contributed by atoms with Gasteiger partial charge in [-0.25, -0.2) is 9.79 Å². The van der Waals surface area contributed by atoms with E-state index in [4.69, 9.17) is 14.5 Å². The van der Waals surface area contributed by atoms with Crippen molar-refractivity contribution in [1.29, 1.82) is 0 Å². The first kappa shape index (κ1) is 21.1. The summed E-state index contributed by atoms with van der Waals surface area (Å²) in [5.74, 6) is 1.84. The SMILES string of the molecule is COc1ccc(OC)c(N2CCN3C2=NC2C3C(=O)N(Cc3cccc(C)c3)C(=O)N2C)c1. The van der Waals surface area contributed by atoms with Crippen molar-refractivity contribution < 1.29 is 19.1 Å². The lowest BCUT2D eigenvalue weighted by Gasteiger charge is -2.40.